The maximum atomic E-state index is 12.6. The first-order valence-electron chi connectivity index (χ1n) is 7.16. The van der Waals surface area contributed by atoms with Crippen LogP contribution < -0.4 is 0 Å². The summed E-state index contributed by atoms with van der Waals surface area (Å²) in [5, 5.41) is 17.7. The van der Waals surface area contributed by atoms with Gasteiger partial charge >= 0.3 is 5.97 Å². The van der Waals surface area contributed by atoms with Gasteiger partial charge in [-0.15, -0.1) is 5.10 Å². The van der Waals surface area contributed by atoms with E-state index in [1.807, 2.05) is 0 Å². The largest absolute Gasteiger partial charge is 0.480 e. The van der Waals surface area contributed by atoms with Crippen molar-refractivity contribution in [1.82, 2.24) is 19.9 Å². The third-order valence-corrected chi connectivity index (χ3v) is 4.48. The van der Waals surface area contributed by atoms with E-state index in [0.717, 1.165) is 0 Å². The molecule has 0 aliphatic carbocycles. The van der Waals surface area contributed by atoms with Crippen molar-refractivity contribution in [2.75, 3.05) is 6.54 Å². The molecule has 1 aliphatic heterocycles. The van der Waals surface area contributed by atoms with Crippen LogP contribution in [0.25, 0.3) is 5.69 Å². The Morgan fingerprint density at radius 2 is 2.09 bits per heavy atom. The van der Waals surface area contributed by atoms with Crippen molar-refractivity contribution in [2.24, 2.45) is 0 Å². The summed E-state index contributed by atoms with van der Waals surface area (Å²) >= 11 is 6.10. The van der Waals surface area contributed by atoms with Gasteiger partial charge in [-0.25, -0.2) is 9.48 Å². The molecule has 1 atom stereocenters. The molecule has 7 nitrogen and oxygen atoms in total. The SMILES string of the molecule is CC1(C(=O)O)CCCN1C(=O)c1cn(-c2ccccc2Cl)nn1. The van der Waals surface area contributed by atoms with Crippen molar-refractivity contribution in [3.8, 4) is 5.69 Å². The molecule has 1 aliphatic rings. The fourth-order valence-electron chi connectivity index (χ4n) is 2.77. The third kappa shape index (κ3) is 2.57. The first-order chi connectivity index (χ1) is 10.9. The molecule has 0 saturated carbocycles. The number of carbonyl (C=O) groups excluding carboxylic acids is 1. The second-order valence-electron chi connectivity index (χ2n) is 5.64. The number of aliphatic carboxylic acids is 1. The van der Waals surface area contributed by atoms with Crippen LogP contribution in [0.5, 0.6) is 0 Å². The van der Waals surface area contributed by atoms with Crippen LogP contribution in [0, 0.1) is 0 Å². The summed E-state index contributed by atoms with van der Waals surface area (Å²) in [5.41, 5.74) is -0.506. The van der Waals surface area contributed by atoms with E-state index in [1.165, 1.54) is 15.8 Å². The number of benzene rings is 1. The molecule has 1 unspecified atom stereocenters. The number of likely N-dealkylation sites (tertiary alicyclic amines) is 1. The number of hydrogen-bond acceptors (Lipinski definition) is 4. The molecule has 1 fully saturated rings. The number of halogens is 1. The van der Waals surface area contributed by atoms with Crippen molar-refractivity contribution in [3.05, 3.63) is 41.2 Å². The lowest BCUT2D eigenvalue weighted by Crippen LogP contribution is -2.50. The van der Waals surface area contributed by atoms with E-state index < -0.39 is 17.4 Å². The zero-order valence-electron chi connectivity index (χ0n) is 12.4. The van der Waals surface area contributed by atoms with Crippen molar-refractivity contribution in [2.45, 2.75) is 25.3 Å². The van der Waals surface area contributed by atoms with Crippen LogP contribution in [0.3, 0.4) is 0 Å². The monoisotopic (exact) mass is 334 g/mol. The Morgan fingerprint density at radius 3 is 2.78 bits per heavy atom. The zero-order valence-corrected chi connectivity index (χ0v) is 13.2. The van der Waals surface area contributed by atoms with Gasteiger partial charge in [0.2, 0.25) is 0 Å². The summed E-state index contributed by atoms with van der Waals surface area (Å²) < 4.78 is 1.41. The fraction of sp³-hybridized carbons (Fsp3) is 0.333. The number of para-hydroxylation sites is 1. The predicted molar refractivity (Wildman–Crippen MR) is 82.7 cm³/mol. The van der Waals surface area contributed by atoms with Gasteiger partial charge in [-0.2, -0.15) is 0 Å². The quantitative estimate of drug-likeness (QED) is 0.927. The maximum Gasteiger partial charge on any atom is 0.329 e. The molecular weight excluding hydrogens is 320 g/mol. The number of nitrogens with zero attached hydrogens (tertiary/aromatic N) is 4. The lowest BCUT2D eigenvalue weighted by atomic mass is 9.99. The minimum Gasteiger partial charge on any atom is -0.480 e. The van der Waals surface area contributed by atoms with Crippen LogP contribution in [0.1, 0.15) is 30.3 Å². The molecule has 2 aromatic rings. The summed E-state index contributed by atoms with van der Waals surface area (Å²) in [6.45, 7) is 1.94. The highest BCUT2D eigenvalue weighted by Crippen LogP contribution is 2.30. The van der Waals surface area contributed by atoms with Gasteiger partial charge in [-0.05, 0) is 31.9 Å². The summed E-state index contributed by atoms with van der Waals surface area (Å²) in [5.74, 6) is -1.45. The van der Waals surface area contributed by atoms with Crippen LogP contribution in [0.15, 0.2) is 30.5 Å². The lowest BCUT2D eigenvalue weighted by molar-refractivity contribution is -0.147. The number of hydrogen-bond donors (Lipinski definition) is 1. The number of carbonyl (C=O) groups is 2. The summed E-state index contributed by atoms with van der Waals surface area (Å²) in [6.07, 6.45) is 2.53. The Morgan fingerprint density at radius 1 is 1.35 bits per heavy atom. The number of carboxylic acids is 1. The molecule has 0 radical (unpaired) electrons. The Hall–Kier alpha value is -2.41. The van der Waals surface area contributed by atoms with Crippen molar-refractivity contribution in [1.29, 1.82) is 0 Å². The highest BCUT2D eigenvalue weighted by Gasteiger charge is 2.46. The van der Waals surface area contributed by atoms with Crippen molar-refractivity contribution >= 4 is 23.5 Å². The molecule has 3 rings (SSSR count). The number of amides is 1. The van der Waals surface area contributed by atoms with Gasteiger partial charge in [0.05, 0.1) is 16.9 Å². The molecule has 1 N–H and O–H groups in total. The van der Waals surface area contributed by atoms with Crippen LogP contribution in [0.2, 0.25) is 5.02 Å². The van der Waals surface area contributed by atoms with Gasteiger partial charge < -0.3 is 10.0 Å². The highest BCUT2D eigenvalue weighted by atomic mass is 35.5. The second-order valence-corrected chi connectivity index (χ2v) is 6.05. The van der Waals surface area contributed by atoms with Gasteiger partial charge in [0.15, 0.2) is 5.69 Å². The van der Waals surface area contributed by atoms with Gasteiger partial charge in [0.1, 0.15) is 5.54 Å². The molecular formula is C15H15ClN4O3. The number of carboxylic acid groups (broad SMARTS) is 1. The van der Waals surface area contributed by atoms with Crippen molar-refractivity contribution < 1.29 is 14.7 Å². The van der Waals surface area contributed by atoms with Gasteiger partial charge in [-0.1, -0.05) is 28.9 Å². The smallest absolute Gasteiger partial charge is 0.329 e. The van der Waals surface area contributed by atoms with E-state index >= 15 is 0 Å². The molecule has 8 heteroatoms. The molecule has 23 heavy (non-hydrogen) atoms. The van der Waals surface area contributed by atoms with Crippen LogP contribution in [-0.2, 0) is 4.79 Å². The van der Waals surface area contributed by atoms with Crippen LogP contribution in [0.4, 0.5) is 0 Å². The molecule has 1 saturated heterocycles. The lowest BCUT2D eigenvalue weighted by Gasteiger charge is -2.30. The fourth-order valence-corrected chi connectivity index (χ4v) is 2.99. The average molecular weight is 335 g/mol. The van der Waals surface area contributed by atoms with Gasteiger partial charge in [0.25, 0.3) is 5.91 Å². The first-order valence-corrected chi connectivity index (χ1v) is 7.54. The predicted octanol–water partition coefficient (Wildman–Crippen LogP) is 2.00. The molecule has 0 bridgehead atoms. The van der Waals surface area contributed by atoms with E-state index in [4.69, 9.17) is 11.6 Å². The molecule has 1 aromatic carbocycles. The summed E-state index contributed by atoms with van der Waals surface area (Å²) in [4.78, 5) is 25.4. The minimum absolute atomic E-state index is 0.0966. The van der Waals surface area contributed by atoms with Crippen molar-refractivity contribution in [3.63, 3.8) is 0 Å². The highest BCUT2D eigenvalue weighted by molar-refractivity contribution is 6.32. The average Bonchev–Trinajstić information content (AvgIpc) is 3.15. The molecule has 2 heterocycles. The normalized spacial score (nSPS) is 20.7. The minimum atomic E-state index is -1.20. The molecule has 1 aromatic heterocycles. The topological polar surface area (TPSA) is 88.3 Å². The molecule has 0 spiro atoms. The zero-order chi connectivity index (χ0) is 16.6. The second kappa shape index (κ2) is 5.66. The first kappa shape index (κ1) is 15.5. The third-order valence-electron chi connectivity index (χ3n) is 4.16. The van der Waals surface area contributed by atoms with E-state index in [1.54, 1.807) is 31.2 Å². The van der Waals surface area contributed by atoms with E-state index in [-0.39, 0.29) is 5.69 Å². The molecule has 1 amide bonds. The Bertz CT molecular complexity index is 776. The molecule has 120 valence electrons. The Balaban J connectivity index is 1.90. The van der Waals surface area contributed by atoms with Crippen LogP contribution in [-0.4, -0.2) is 49.0 Å². The van der Waals surface area contributed by atoms with E-state index in [0.29, 0.717) is 30.1 Å². The Kier molecular flexibility index (Phi) is 3.81. The van der Waals surface area contributed by atoms with E-state index in [2.05, 4.69) is 10.3 Å². The standard InChI is InChI=1S/C15H15ClN4O3/c1-15(14(22)23)7-4-8-19(15)13(21)11-9-20(18-17-11)12-6-3-2-5-10(12)16/h2-3,5-6,9H,4,7-8H2,1H3,(H,22,23). The van der Waals surface area contributed by atoms with Crippen LogP contribution >= 0.6 is 11.6 Å². The summed E-state index contributed by atoms with van der Waals surface area (Å²) in [7, 11) is 0. The Labute approximate surface area is 137 Å². The maximum absolute atomic E-state index is 12.6. The van der Waals surface area contributed by atoms with Gasteiger partial charge in [-0.3, -0.25) is 4.79 Å². The summed E-state index contributed by atoms with van der Waals surface area (Å²) in [6, 6.07) is 7.05. The number of aromatic nitrogens is 3. The van der Waals surface area contributed by atoms with Gasteiger partial charge in [0, 0.05) is 6.54 Å². The number of rotatable bonds is 3. The van der Waals surface area contributed by atoms with E-state index in [9.17, 15) is 14.7 Å².